The summed E-state index contributed by atoms with van der Waals surface area (Å²) >= 11 is 0. The number of methoxy groups -OCH3 is 1. The van der Waals surface area contributed by atoms with E-state index >= 15 is 0 Å². The zero-order chi connectivity index (χ0) is 19.7. The maximum Gasteiger partial charge on any atom is 0.245 e. The lowest BCUT2D eigenvalue weighted by Gasteiger charge is -2.14. The standard InChI is InChI=1S/C22H20FN3O2/c1-3-21(27)26-8-7-14(13-26)18-9-15-12-25-19(10-16(15)11-24-18)22-17(23)5-4-6-20(22)28-2/h3-6,9-12,14H,1,7-8,13H2,2H3. The number of carbonyl (C=O) groups is 1. The van der Waals surface area contributed by atoms with Gasteiger partial charge in [0.25, 0.3) is 0 Å². The summed E-state index contributed by atoms with van der Waals surface area (Å²) in [6.07, 6.45) is 5.72. The van der Waals surface area contributed by atoms with Crippen molar-refractivity contribution in [2.75, 3.05) is 20.2 Å². The summed E-state index contributed by atoms with van der Waals surface area (Å²) in [7, 11) is 1.51. The number of halogens is 1. The molecule has 0 bridgehead atoms. The highest BCUT2D eigenvalue weighted by molar-refractivity contribution is 5.87. The topological polar surface area (TPSA) is 55.3 Å². The smallest absolute Gasteiger partial charge is 0.245 e. The molecule has 1 saturated heterocycles. The molecule has 1 aliphatic rings. The van der Waals surface area contributed by atoms with Crippen LogP contribution in [0.1, 0.15) is 18.0 Å². The van der Waals surface area contributed by atoms with Crippen molar-refractivity contribution in [3.05, 3.63) is 66.9 Å². The Bertz CT molecular complexity index is 1070. The van der Waals surface area contributed by atoms with Crippen molar-refractivity contribution in [1.82, 2.24) is 14.9 Å². The van der Waals surface area contributed by atoms with Crippen molar-refractivity contribution in [2.45, 2.75) is 12.3 Å². The van der Waals surface area contributed by atoms with Crippen LogP contribution >= 0.6 is 0 Å². The number of carbonyl (C=O) groups excluding carboxylic acids is 1. The highest BCUT2D eigenvalue weighted by Gasteiger charge is 2.27. The normalized spacial score (nSPS) is 16.4. The molecule has 5 nitrogen and oxygen atoms in total. The lowest BCUT2D eigenvalue weighted by Crippen LogP contribution is -2.26. The summed E-state index contributed by atoms with van der Waals surface area (Å²) in [6.45, 7) is 4.89. The summed E-state index contributed by atoms with van der Waals surface area (Å²) in [5.41, 5.74) is 1.77. The number of amides is 1. The number of fused-ring (bicyclic) bond motifs is 1. The Morgan fingerprint density at radius 2 is 2.07 bits per heavy atom. The fourth-order valence-electron chi connectivity index (χ4n) is 3.67. The number of hydrogen-bond donors (Lipinski definition) is 0. The van der Waals surface area contributed by atoms with Crippen molar-refractivity contribution >= 4 is 16.7 Å². The Hall–Kier alpha value is -3.28. The fourth-order valence-corrected chi connectivity index (χ4v) is 3.67. The van der Waals surface area contributed by atoms with E-state index < -0.39 is 0 Å². The second-order valence-electron chi connectivity index (χ2n) is 6.82. The average molecular weight is 377 g/mol. The van der Waals surface area contributed by atoms with E-state index in [2.05, 4.69) is 16.5 Å². The van der Waals surface area contributed by atoms with Gasteiger partial charge in [-0.25, -0.2) is 4.39 Å². The van der Waals surface area contributed by atoms with E-state index in [1.54, 1.807) is 29.4 Å². The molecule has 1 amide bonds. The number of benzene rings is 1. The van der Waals surface area contributed by atoms with Crippen LogP contribution in [0.4, 0.5) is 4.39 Å². The second-order valence-corrected chi connectivity index (χ2v) is 6.82. The monoisotopic (exact) mass is 377 g/mol. The third-order valence-electron chi connectivity index (χ3n) is 5.17. The minimum atomic E-state index is -0.381. The molecule has 1 aliphatic heterocycles. The van der Waals surface area contributed by atoms with Gasteiger partial charge in [0.2, 0.25) is 5.91 Å². The first kappa shape index (κ1) is 18.1. The number of hydrogen-bond acceptors (Lipinski definition) is 4. The maximum absolute atomic E-state index is 14.3. The van der Waals surface area contributed by atoms with E-state index in [4.69, 9.17) is 4.74 Å². The van der Waals surface area contributed by atoms with Gasteiger partial charge in [0, 0.05) is 47.9 Å². The molecule has 142 valence electrons. The number of ether oxygens (including phenoxy) is 1. The van der Waals surface area contributed by atoms with Crippen LogP contribution < -0.4 is 4.74 Å². The van der Waals surface area contributed by atoms with E-state index in [1.165, 1.54) is 19.3 Å². The maximum atomic E-state index is 14.3. The van der Waals surface area contributed by atoms with Crippen molar-refractivity contribution < 1.29 is 13.9 Å². The van der Waals surface area contributed by atoms with E-state index in [1.807, 2.05) is 12.1 Å². The van der Waals surface area contributed by atoms with E-state index in [-0.39, 0.29) is 17.6 Å². The van der Waals surface area contributed by atoms with Crippen LogP contribution in [0.25, 0.3) is 22.0 Å². The molecule has 0 saturated carbocycles. The molecule has 1 atom stereocenters. The van der Waals surface area contributed by atoms with Crippen LogP contribution in [0, 0.1) is 5.82 Å². The zero-order valence-corrected chi connectivity index (χ0v) is 15.6. The van der Waals surface area contributed by atoms with Gasteiger partial charge in [-0.15, -0.1) is 0 Å². The molecule has 3 aromatic rings. The molecule has 1 fully saturated rings. The van der Waals surface area contributed by atoms with Crippen LogP contribution in [0.2, 0.25) is 0 Å². The molecule has 0 aliphatic carbocycles. The minimum Gasteiger partial charge on any atom is -0.496 e. The Balaban J connectivity index is 1.66. The van der Waals surface area contributed by atoms with Crippen LogP contribution in [0.5, 0.6) is 5.75 Å². The summed E-state index contributed by atoms with van der Waals surface area (Å²) < 4.78 is 19.6. The van der Waals surface area contributed by atoms with Gasteiger partial charge in [0.1, 0.15) is 11.6 Å². The average Bonchev–Trinajstić information content (AvgIpc) is 3.22. The van der Waals surface area contributed by atoms with E-state index in [0.29, 0.717) is 30.1 Å². The molecular formula is C22H20FN3O2. The highest BCUT2D eigenvalue weighted by Crippen LogP contribution is 2.33. The van der Waals surface area contributed by atoms with Gasteiger partial charge in [-0.1, -0.05) is 12.6 Å². The van der Waals surface area contributed by atoms with E-state index in [9.17, 15) is 9.18 Å². The Labute approximate surface area is 162 Å². The lowest BCUT2D eigenvalue weighted by atomic mass is 10.0. The third kappa shape index (κ3) is 3.22. The molecule has 3 heterocycles. The number of aromatic nitrogens is 2. The summed E-state index contributed by atoms with van der Waals surface area (Å²) in [6, 6.07) is 8.52. The molecular weight excluding hydrogens is 357 g/mol. The SMILES string of the molecule is C=CC(=O)N1CCC(c2cc3cnc(-c4c(F)cccc4OC)cc3cn2)C1. The quantitative estimate of drug-likeness (QED) is 0.646. The summed E-state index contributed by atoms with van der Waals surface area (Å²) in [5, 5.41) is 1.80. The van der Waals surface area contributed by atoms with Gasteiger partial charge in [0.15, 0.2) is 0 Å². The first-order chi connectivity index (χ1) is 13.6. The lowest BCUT2D eigenvalue weighted by molar-refractivity contribution is -0.125. The molecule has 2 aromatic heterocycles. The van der Waals surface area contributed by atoms with Gasteiger partial charge < -0.3 is 9.64 Å². The first-order valence-corrected chi connectivity index (χ1v) is 9.10. The van der Waals surface area contributed by atoms with Crippen LogP contribution in [-0.4, -0.2) is 41.0 Å². The van der Waals surface area contributed by atoms with Crippen molar-refractivity contribution in [2.24, 2.45) is 0 Å². The largest absolute Gasteiger partial charge is 0.496 e. The molecule has 4 rings (SSSR count). The zero-order valence-electron chi connectivity index (χ0n) is 15.6. The Morgan fingerprint density at radius 1 is 1.29 bits per heavy atom. The van der Waals surface area contributed by atoms with Crippen molar-refractivity contribution in [1.29, 1.82) is 0 Å². The van der Waals surface area contributed by atoms with Crippen LogP contribution in [-0.2, 0) is 4.79 Å². The molecule has 1 unspecified atom stereocenters. The second kappa shape index (κ2) is 7.38. The Morgan fingerprint density at radius 3 is 2.86 bits per heavy atom. The molecule has 0 N–H and O–H groups in total. The van der Waals surface area contributed by atoms with Gasteiger partial charge >= 0.3 is 0 Å². The number of nitrogens with zero attached hydrogens (tertiary/aromatic N) is 3. The number of likely N-dealkylation sites (tertiary alicyclic amines) is 1. The predicted octanol–water partition coefficient (Wildman–Crippen LogP) is 3.95. The van der Waals surface area contributed by atoms with Crippen molar-refractivity contribution in [3.63, 3.8) is 0 Å². The van der Waals surface area contributed by atoms with Crippen LogP contribution in [0.15, 0.2) is 55.4 Å². The number of pyridine rings is 2. The molecule has 28 heavy (non-hydrogen) atoms. The van der Waals surface area contributed by atoms with Gasteiger partial charge in [0.05, 0.1) is 18.4 Å². The highest BCUT2D eigenvalue weighted by atomic mass is 19.1. The molecule has 0 spiro atoms. The predicted molar refractivity (Wildman–Crippen MR) is 106 cm³/mol. The number of rotatable bonds is 4. The molecule has 6 heteroatoms. The first-order valence-electron chi connectivity index (χ1n) is 9.10. The molecule has 0 radical (unpaired) electrons. The summed E-state index contributed by atoms with van der Waals surface area (Å²) in [4.78, 5) is 22.6. The molecule has 1 aromatic carbocycles. The third-order valence-corrected chi connectivity index (χ3v) is 5.17. The Kier molecular flexibility index (Phi) is 4.77. The summed E-state index contributed by atoms with van der Waals surface area (Å²) in [5.74, 6) is 0.205. The fraction of sp³-hybridized carbons (Fsp3) is 0.227. The minimum absolute atomic E-state index is 0.0477. The van der Waals surface area contributed by atoms with Crippen LogP contribution in [0.3, 0.4) is 0 Å². The van der Waals surface area contributed by atoms with Gasteiger partial charge in [-0.2, -0.15) is 0 Å². The van der Waals surface area contributed by atoms with Gasteiger partial charge in [-0.05, 0) is 36.8 Å². The van der Waals surface area contributed by atoms with E-state index in [0.717, 1.165) is 22.9 Å². The van der Waals surface area contributed by atoms with Crippen molar-refractivity contribution in [3.8, 4) is 17.0 Å². The van der Waals surface area contributed by atoms with Gasteiger partial charge in [-0.3, -0.25) is 14.8 Å².